The Hall–Kier alpha value is -1.31. The number of fused-ring (bicyclic) bond motifs is 1. The zero-order valence-corrected chi connectivity index (χ0v) is 10.4. The van der Waals surface area contributed by atoms with Crippen molar-refractivity contribution in [3.63, 3.8) is 0 Å². The van der Waals surface area contributed by atoms with E-state index in [4.69, 9.17) is 0 Å². The number of aliphatic imine (C=N–C) groups is 1. The van der Waals surface area contributed by atoms with Gasteiger partial charge in [-0.2, -0.15) is 0 Å². The number of nitrogens with one attached hydrogen (secondary N) is 1. The summed E-state index contributed by atoms with van der Waals surface area (Å²) in [7, 11) is 0. The van der Waals surface area contributed by atoms with Crippen LogP contribution in [0.2, 0.25) is 0 Å². The van der Waals surface area contributed by atoms with Crippen LogP contribution in [-0.4, -0.2) is 18.9 Å². The van der Waals surface area contributed by atoms with Crippen molar-refractivity contribution in [1.82, 2.24) is 5.32 Å². The van der Waals surface area contributed by atoms with E-state index in [0.29, 0.717) is 12.0 Å². The molecule has 1 N–H and O–H groups in total. The van der Waals surface area contributed by atoms with Crippen molar-refractivity contribution in [1.29, 1.82) is 0 Å². The fourth-order valence-electron chi connectivity index (χ4n) is 3.27. The Bertz CT molecular complexity index is 417. The first kappa shape index (κ1) is 10.8. The van der Waals surface area contributed by atoms with Crippen molar-refractivity contribution in [2.24, 2.45) is 10.9 Å². The van der Waals surface area contributed by atoms with Crippen molar-refractivity contribution >= 4 is 6.34 Å². The summed E-state index contributed by atoms with van der Waals surface area (Å²) in [5, 5.41) is 3.36. The lowest BCUT2D eigenvalue weighted by atomic mass is 9.73. The number of hydrogen-bond donors (Lipinski definition) is 1. The Labute approximate surface area is 103 Å². The molecule has 0 spiro atoms. The van der Waals surface area contributed by atoms with Gasteiger partial charge in [0.15, 0.2) is 0 Å². The van der Waals surface area contributed by atoms with Crippen molar-refractivity contribution in [3.8, 4) is 0 Å². The Morgan fingerprint density at radius 2 is 2.24 bits per heavy atom. The van der Waals surface area contributed by atoms with E-state index in [1.807, 2.05) is 6.34 Å². The second-order valence-corrected chi connectivity index (χ2v) is 5.38. The van der Waals surface area contributed by atoms with Gasteiger partial charge in [0.05, 0.1) is 12.9 Å². The van der Waals surface area contributed by atoms with Gasteiger partial charge in [0.25, 0.3) is 0 Å². The first-order valence-corrected chi connectivity index (χ1v) is 6.67. The number of rotatable bonds is 2. The van der Waals surface area contributed by atoms with Crippen molar-refractivity contribution in [2.75, 3.05) is 6.54 Å². The van der Waals surface area contributed by atoms with E-state index in [0.717, 1.165) is 12.5 Å². The van der Waals surface area contributed by atoms with Gasteiger partial charge in [0.2, 0.25) is 0 Å². The van der Waals surface area contributed by atoms with Gasteiger partial charge in [0, 0.05) is 6.04 Å². The lowest BCUT2D eigenvalue weighted by Crippen LogP contribution is -2.31. The molecule has 17 heavy (non-hydrogen) atoms. The average molecular weight is 228 g/mol. The maximum Gasteiger partial charge on any atom is 0.0827 e. The molecule has 2 aliphatic rings. The lowest BCUT2D eigenvalue weighted by Gasteiger charge is -2.32. The average Bonchev–Trinajstić information content (AvgIpc) is 2.86. The highest BCUT2D eigenvalue weighted by Crippen LogP contribution is 2.38. The molecule has 1 aliphatic carbocycles. The molecular formula is C15H20N2. The van der Waals surface area contributed by atoms with Crippen molar-refractivity contribution in [3.05, 3.63) is 35.4 Å². The summed E-state index contributed by atoms with van der Waals surface area (Å²) in [6.07, 6.45) is 5.71. The normalized spacial score (nSPS) is 31.0. The largest absolute Gasteiger partial charge is 0.372 e. The first-order chi connectivity index (χ1) is 8.34. The van der Waals surface area contributed by atoms with Crippen LogP contribution in [-0.2, 0) is 6.42 Å². The third-order valence-electron chi connectivity index (χ3n) is 4.35. The molecule has 0 amide bonds. The van der Waals surface area contributed by atoms with E-state index in [2.05, 4.69) is 41.5 Å². The van der Waals surface area contributed by atoms with Gasteiger partial charge in [-0.1, -0.05) is 31.2 Å². The van der Waals surface area contributed by atoms with Gasteiger partial charge in [-0.05, 0) is 42.2 Å². The van der Waals surface area contributed by atoms with Crippen molar-refractivity contribution < 1.29 is 0 Å². The molecule has 3 unspecified atom stereocenters. The molecule has 0 fully saturated rings. The molecule has 2 nitrogen and oxygen atoms in total. The summed E-state index contributed by atoms with van der Waals surface area (Å²) in [5.74, 6) is 1.51. The number of aryl methyl sites for hydroxylation is 1. The zero-order valence-electron chi connectivity index (χ0n) is 10.4. The summed E-state index contributed by atoms with van der Waals surface area (Å²) < 4.78 is 0. The van der Waals surface area contributed by atoms with Crippen LogP contribution in [0.3, 0.4) is 0 Å². The third kappa shape index (κ3) is 2.08. The minimum atomic E-state index is 0.577. The van der Waals surface area contributed by atoms with Gasteiger partial charge in [-0.15, -0.1) is 0 Å². The Balaban J connectivity index is 1.72. The van der Waals surface area contributed by atoms with Crippen LogP contribution in [0.5, 0.6) is 0 Å². The van der Waals surface area contributed by atoms with E-state index < -0.39 is 0 Å². The molecule has 3 rings (SSSR count). The minimum absolute atomic E-state index is 0.577. The molecular weight excluding hydrogens is 208 g/mol. The Kier molecular flexibility index (Phi) is 2.87. The van der Waals surface area contributed by atoms with Crippen LogP contribution in [0.25, 0.3) is 0 Å². The topological polar surface area (TPSA) is 24.4 Å². The molecule has 1 aromatic rings. The Morgan fingerprint density at radius 3 is 3.06 bits per heavy atom. The van der Waals surface area contributed by atoms with Crippen LogP contribution < -0.4 is 5.32 Å². The first-order valence-electron chi connectivity index (χ1n) is 6.67. The molecule has 1 aromatic carbocycles. The monoisotopic (exact) mass is 228 g/mol. The molecule has 1 heterocycles. The standard InChI is InChI=1S/C15H20N2/c1-11-13(8-14-9-16-10-17-14)7-6-12-4-2-3-5-15(11)12/h2-5,10-11,13-14H,6-9H2,1H3,(H,16,17). The van der Waals surface area contributed by atoms with E-state index in [9.17, 15) is 0 Å². The van der Waals surface area contributed by atoms with Crippen LogP contribution >= 0.6 is 0 Å². The van der Waals surface area contributed by atoms with E-state index in [1.165, 1.54) is 19.3 Å². The maximum atomic E-state index is 4.26. The molecule has 90 valence electrons. The van der Waals surface area contributed by atoms with Gasteiger partial charge in [-0.3, -0.25) is 4.99 Å². The number of nitrogens with zero attached hydrogens (tertiary/aromatic N) is 1. The number of benzene rings is 1. The highest BCUT2D eigenvalue weighted by atomic mass is 15.1. The SMILES string of the molecule is CC1c2ccccc2CCC1CC1CN=CN1. The zero-order chi connectivity index (χ0) is 11.7. The smallest absolute Gasteiger partial charge is 0.0827 e. The van der Waals surface area contributed by atoms with Crippen LogP contribution in [0, 0.1) is 5.92 Å². The molecule has 2 heteroatoms. The van der Waals surface area contributed by atoms with E-state index in [1.54, 1.807) is 11.1 Å². The van der Waals surface area contributed by atoms with Crippen LogP contribution in [0.15, 0.2) is 29.3 Å². The second kappa shape index (κ2) is 4.52. The summed E-state index contributed by atoms with van der Waals surface area (Å²) >= 11 is 0. The van der Waals surface area contributed by atoms with Gasteiger partial charge in [-0.25, -0.2) is 0 Å². The van der Waals surface area contributed by atoms with E-state index in [-0.39, 0.29) is 0 Å². The third-order valence-corrected chi connectivity index (χ3v) is 4.35. The molecule has 0 saturated heterocycles. The van der Waals surface area contributed by atoms with Crippen LogP contribution in [0.4, 0.5) is 0 Å². The molecule has 1 aliphatic heterocycles. The molecule has 0 bridgehead atoms. The highest BCUT2D eigenvalue weighted by molar-refractivity contribution is 5.57. The van der Waals surface area contributed by atoms with Gasteiger partial charge >= 0.3 is 0 Å². The molecule has 0 radical (unpaired) electrons. The van der Waals surface area contributed by atoms with Crippen LogP contribution in [0.1, 0.15) is 36.8 Å². The Morgan fingerprint density at radius 1 is 1.35 bits per heavy atom. The summed E-state index contributed by atoms with van der Waals surface area (Å²) in [4.78, 5) is 4.26. The molecule has 3 atom stereocenters. The quantitative estimate of drug-likeness (QED) is 0.827. The van der Waals surface area contributed by atoms with Gasteiger partial charge < -0.3 is 5.32 Å². The predicted molar refractivity (Wildman–Crippen MR) is 71.6 cm³/mol. The summed E-state index contributed by atoms with van der Waals surface area (Å²) in [5.41, 5.74) is 3.13. The van der Waals surface area contributed by atoms with Gasteiger partial charge in [0.1, 0.15) is 0 Å². The highest BCUT2D eigenvalue weighted by Gasteiger charge is 2.28. The second-order valence-electron chi connectivity index (χ2n) is 5.38. The van der Waals surface area contributed by atoms with E-state index >= 15 is 0 Å². The number of hydrogen-bond acceptors (Lipinski definition) is 2. The molecule has 0 saturated carbocycles. The lowest BCUT2D eigenvalue weighted by molar-refractivity contribution is 0.336. The summed E-state index contributed by atoms with van der Waals surface area (Å²) in [6.45, 7) is 3.35. The summed E-state index contributed by atoms with van der Waals surface area (Å²) in [6, 6.07) is 9.52. The molecule has 0 aromatic heterocycles. The fraction of sp³-hybridized carbons (Fsp3) is 0.533. The van der Waals surface area contributed by atoms with Crippen molar-refractivity contribution in [2.45, 2.75) is 38.1 Å². The predicted octanol–water partition coefficient (Wildman–Crippen LogP) is 2.74. The fourth-order valence-corrected chi connectivity index (χ4v) is 3.27. The minimum Gasteiger partial charge on any atom is -0.372 e. The maximum absolute atomic E-state index is 4.26.